The maximum Gasteiger partial charge on any atom is 0.311 e. The predicted molar refractivity (Wildman–Crippen MR) is 584 cm³/mol. The van der Waals surface area contributed by atoms with E-state index in [1.807, 2.05) is 222 Å². The number of carbonyl (C=O) groups is 15. The third-order valence-electron chi connectivity index (χ3n) is 19.3. The van der Waals surface area contributed by atoms with Crippen LogP contribution in [0.3, 0.4) is 0 Å². The van der Waals surface area contributed by atoms with Crippen molar-refractivity contribution in [2.75, 3.05) is 99.6 Å². The number of nitrogens with two attached hydrogens (primary N) is 1. The van der Waals surface area contributed by atoms with Gasteiger partial charge in [0.25, 0.3) is 0 Å². The zero-order valence-corrected chi connectivity index (χ0v) is 101. The molecule has 0 aliphatic heterocycles. The van der Waals surface area contributed by atoms with E-state index in [4.69, 9.17) is 62.6 Å². The molecule has 0 heterocycles. The number of methoxy groups -OCH3 is 1. The number of hydrogen-bond acceptors (Lipinski definition) is 28. The minimum absolute atomic E-state index is 0.00361. The summed E-state index contributed by atoms with van der Waals surface area (Å²) in [5.74, 6) is -0.0944. The van der Waals surface area contributed by atoms with Crippen molar-refractivity contribution < 1.29 is 129 Å². The summed E-state index contributed by atoms with van der Waals surface area (Å²) in [7, 11) is 1.63. The molecule has 0 aromatic rings. The smallest absolute Gasteiger partial charge is 0.311 e. The lowest BCUT2D eigenvalue weighted by Gasteiger charge is -2.21. The number of ketones is 6. The van der Waals surface area contributed by atoms with E-state index in [0.29, 0.717) is 130 Å². The summed E-state index contributed by atoms with van der Waals surface area (Å²) in [5.41, 5.74) is 1.57. The fourth-order valence-electron chi connectivity index (χ4n) is 9.34. The van der Waals surface area contributed by atoms with Crippen molar-refractivity contribution in [2.24, 2.45) is 71.2 Å². The molecule has 0 unspecified atom stereocenters. The van der Waals surface area contributed by atoms with Crippen molar-refractivity contribution in [1.29, 1.82) is 0 Å². The summed E-state index contributed by atoms with van der Waals surface area (Å²) in [5, 5.41) is 0. The number of rotatable bonds is 52. The van der Waals surface area contributed by atoms with E-state index < -0.39 is 27.7 Å². The lowest BCUT2D eigenvalue weighted by atomic mass is 9.82. The normalized spacial score (nSPS) is 11.8. The Labute approximate surface area is 880 Å². The molecule has 0 amide bonds. The summed E-state index contributed by atoms with van der Waals surface area (Å²) in [6.07, 6.45) is 27.5. The van der Waals surface area contributed by atoms with Crippen LogP contribution >= 0.6 is 0 Å². The first kappa shape index (κ1) is 160. The van der Waals surface area contributed by atoms with Crippen molar-refractivity contribution in [1.82, 2.24) is 0 Å². The Morgan fingerprint density at radius 3 is 0.681 bits per heavy atom. The van der Waals surface area contributed by atoms with Gasteiger partial charge in [0, 0.05) is 49.5 Å². The van der Waals surface area contributed by atoms with Gasteiger partial charge in [-0.2, -0.15) is 0 Å². The van der Waals surface area contributed by atoms with E-state index in [0.717, 1.165) is 116 Å². The lowest BCUT2D eigenvalue weighted by molar-refractivity contribution is -0.155. The average Bonchev–Trinajstić information content (AvgIpc) is 0.878. The first-order valence-electron chi connectivity index (χ1n) is 53.6. The molecule has 2 atom stereocenters. The lowest BCUT2D eigenvalue weighted by Crippen LogP contribution is -2.29. The highest BCUT2D eigenvalue weighted by Gasteiger charge is 2.31. The van der Waals surface area contributed by atoms with Gasteiger partial charge < -0.3 is 77.0 Å². The van der Waals surface area contributed by atoms with Crippen LogP contribution < -0.4 is 5.73 Å². The molecule has 0 bridgehead atoms. The van der Waals surface area contributed by atoms with E-state index in [2.05, 4.69) is 34.6 Å². The Morgan fingerprint density at radius 1 is 0.215 bits per heavy atom. The molecule has 2 N–H and O–H groups in total. The minimum atomic E-state index is -0.470. The average molecular weight is 2070 g/mol. The van der Waals surface area contributed by atoms with Crippen molar-refractivity contribution >= 4 is 88.4 Å². The minimum Gasteiger partial charge on any atom is -0.465 e. The molecule has 28 nitrogen and oxygen atoms in total. The first-order valence-corrected chi connectivity index (χ1v) is 53.6. The van der Waals surface area contributed by atoms with Gasteiger partial charge in [-0.1, -0.05) is 161 Å². The number of esters is 9. The summed E-state index contributed by atoms with van der Waals surface area (Å²) in [4.78, 5) is 167. The molecule has 0 rings (SSSR count). The van der Waals surface area contributed by atoms with Gasteiger partial charge in [0.05, 0.1) is 141 Å². The fourth-order valence-corrected chi connectivity index (χ4v) is 9.34. The zero-order chi connectivity index (χ0) is 115. The van der Waals surface area contributed by atoms with Crippen LogP contribution in [-0.2, 0) is 129 Å². The molecule has 0 saturated heterocycles. The Morgan fingerprint density at radius 2 is 0.431 bits per heavy atom. The quantitative estimate of drug-likeness (QED) is 0.0336. The monoisotopic (exact) mass is 2060 g/mol. The molecule has 0 aromatic heterocycles. The molecule has 0 spiro atoms. The Kier molecular flexibility index (Phi) is 101. The largest absolute Gasteiger partial charge is 0.465 e. The van der Waals surface area contributed by atoms with Gasteiger partial charge in [0.15, 0.2) is 0 Å². The summed E-state index contributed by atoms with van der Waals surface area (Å²) in [6, 6.07) is -0.432. The van der Waals surface area contributed by atoms with Gasteiger partial charge in [-0.3, -0.25) is 57.5 Å². The van der Waals surface area contributed by atoms with Crippen LogP contribution in [0.25, 0.3) is 0 Å². The zero-order valence-electron chi connectivity index (χ0n) is 101. The van der Waals surface area contributed by atoms with Crippen LogP contribution in [0.5, 0.6) is 0 Å². The van der Waals surface area contributed by atoms with Crippen LogP contribution in [0.15, 0.2) is 0 Å². The highest BCUT2D eigenvalue weighted by molar-refractivity contribution is 5.87. The third-order valence-corrected chi connectivity index (χ3v) is 19.3. The molecular weight excluding hydrogens is 1840 g/mol. The number of Topliss-reactive ketones (excluding diaryl/α,β-unsaturated/α-hetero) is 6. The molecule has 0 aromatic carbocycles. The molecule has 0 aliphatic rings. The van der Waals surface area contributed by atoms with Gasteiger partial charge in [-0.05, 0) is 305 Å². The van der Waals surface area contributed by atoms with Crippen molar-refractivity contribution in [2.45, 2.75) is 497 Å². The van der Waals surface area contributed by atoms with Crippen molar-refractivity contribution in [3.8, 4) is 0 Å². The van der Waals surface area contributed by atoms with Gasteiger partial charge in [-0.25, -0.2) is 0 Å². The molecule has 0 fully saturated rings. The van der Waals surface area contributed by atoms with Gasteiger partial charge in [0.2, 0.25) is 0 Å². The van der Waals surface area contributed by atoms with E-state index in [1.54, 1.807) is 48.7 Å². The van der Waals surface area contributed by atoms with Crippen molar-refractivity contribution in [3.05, 3.63) is 0 Å². The third kappa shape index (κ3) is 122. The van der Waals surface area contributed by atoms with E-state index in [1.165, 1.54) is 39.0 Å². The van der Waals surface area contributed by atoms with Gasteiger partial charge in [0.1, 0.15) is 41.3 Å². The highest BCUT2D eigenvalue weighted by atomic mass is 16.6. The van der Waals surface area contributed by atoms with Crippen molar-refractivity contribution in [3.63, 3.8) is 0 Å². The van der Waals surface area contributed by atoms with Gasteiger partial charge >= 0.3 is 53.7 Å². The van der Waals surface area contributed by atoms with E-state index in [9.17, 15) is 71.9 Å². The standard InChI is InChI=1S/C12H24O5.C12H22O3.C11H21NO3.C11H20O3.C11H20O2.C11H22O2.C11H22O.2C10H20O2.C9H18O2.C8H16O2/c1-12(2,3)11(13)17-10-9-16-8-7-15-6-5-14-4;1-10(13)8-6-5-7-9-15-11(14)12(2,3)4;1-8(13)9(12)6-5-7-15-10(14)11(2,3)4;1-9(12)7-5-6-8-14-10(13)11(2,3)4;1-8(6-7-9(2)12)10(13)11(3,4)5;1-5-6-7-8-9-13-10(12)11(2,3)4;1-5-6-7-8-9-10(12)11(2,3)4;2*1-5-6-7-8-12-9(11)10(2,3)4;1-5-6-7-11-8(10)9(2,3)4;1-5-6-10-7(9)8(2,3)4/h5-10H2,1-4H3;5-9H2,1-4H3;9H,5-7,12H2,1-4H3;5-8H2,1-4H3;8H,6-7H2,1-5H3;5-9H2,1-4H3;5-9H2,1-4H3;2*5-8H2,1-4H3;5-7H2,1-4H3;5-6H2,1-4H3/t;;9-;;8-;;;;;;/m..0.1....../s1. The molecule has 0 saturated carbocycles. The predicted octanol–water partition coefficient (Wildman–Crippen LogP) is 26.8. The first-order chi connectivity index (χ1) is 65.5. The number of hydrogen-bond donors (Lipinski definition) is 1. The topological polar surface area (TPSA) is 393 Å². The van der Waals surface area contributed by atoms with Crippen LogP contribution in [0, 0.1) is 65.5 Å². The van der Waals surface area contributed by atoms with Crippen LogP contribution in [0.1, 0.15) is 491 Å². The van der Waals surface area contributed by atoms with E-state index in [-0.39, 0.29) is 133 Å². The van der Waals surface area contributed by atoms with Crippen LogP contribution in [0.4, 0.5) is 0 Å². The molecular formula is C116H225NO27. The fraction of sp³-hybridized carbons (Fsp3) is 0.871. The Bertz CT molecular complexity index is 3230. The van der Waals surface area contributed by atoms with Gasteiger partial charge in [-0.15, -0.1) is 0 Å². The molecule has 144 heavy (non-hydrogen) atoms. The second kappa shape index (κ2) is 91.1. The molecule has 28 heteroatoms. The highest BCUT2D eigenvalue weighted by Crippen LogP contribution is 2.26. The van der Waals surface area contributed by atoms with E-state index >= 15 is 0 Å². The maximum atomic E-state index is 11.7. The Hall–Kier alpha value is -6.91. The van der Waals surface area contributed by atoms with Crippen LogP contribution in [0.2, 0.25) is 0 Å². The molecule has 856 valence electrons. The SMILES string of the molecule is CC(=O)CCCCCOC(=O)C(C)(C)C.CC(=O)CCCCOC(=O)C(C)(C)C.CC(=O)CC[C@@H](C)C(=O)C(C)(C)C.CC(=O)[C@@H](N)CCCOC(=O)C(C)(C)C.CCCCCCC(=O)C(C)(C)C.CCCCCCOC(=O)C(C)(C)C.CCCCCOC(=O)C(C)(C)C.CCCCCOC(=O)C(C)(C)C.CCCCOC(=O)C(C)(C)C.CCCOC(=O)C(C)(C)C.COCCOCCOCCOC(=O)C(C)(C)C. The van der Waals surface area contributed by atoms with Crippen LogP contribution in [-0.4, -0.2) is 194 Å². The summed E-state index contributed by atoms with van der Waals surface area (Å²) < 4.78 is 60.6. The Balaban J connectivity index is -0.000000151. The summed E-state index contributed by atoms with van der Waals surface area (Å²) >= 11 is 0. The maximum absolute atomic E-state index is 11.7. The number of unbranched alkanes of at least 4 members (excludes halogenated alkanes) is 14. The number of carbonyl (C=O) groups excluding carboxylic acids is 15. The molecule has 0 radical (unpaired) electrons. The second-order valence-corrected chi connectivity index (χ2v) is 47.8. The second-order valence-electron chi connectivity index (χ2n) is 47.8. The molecule has 0 aliphatic carbocycles. The summed E-state index contributed by atoms with van der Waals surface area (Å²) in [6.45, 7) is 89.2. The number of ether oxygens (including phenoxy) is 12.